The van der Waals surface area contributed by atoms with E-state index in [2.05, 4.69) is 44.1 Å². The summed E-state index contributed by atoms with van der Waals surface area (Å²) < 4.78 is 1.09. The van der Waals surface area contributed by atoms with Crippen LogP contribution in [-0.2, 0) is 4.79 Å². The lowest BCUT2D eigenvalue weighted by Crippen LogP contribution is -2.50. The lowest BCUT2D eigenvalue weighted by molar-refractivity contribution is -0.116. The van der Waals surface area contributed by atoms with Crippen LogP contribution in [0.4, 0.5) is 0 Å². The molecule has 2 N–H and O–H groups in total. The molecule has 2 aliphatic heterocycles. The van der Waals surface area contributed by atoms with Gasteiger partial charge in [0.15, 0.2) is 11.3 Å². The molecule has 9 heteroatoms. The number of phenolic OH excluding ortho intramolecular Hbond substituents is 1. The van der Waals surface area contributed by atoms with Gasteiger partial charge in [0.05, 0.1) is 14.3 Å². The molecule has 0 saturated carbocycles. The van der Waals surface area contributed by atoms with Gasteiger partial charge in [-0.15, -0.1) is 5.10 Å². The molecule has 0 spiro atoms. The van der Waals surface area contributed by atoms with E-state index in [9.17, 15) is 9.90 Å². The van der Waals surface area contributed by atoms with Crippen molar-refractivity contribution in [1.29, 1.82) is 0 Å². The number of fused-ring (bicyclic) bond motifs is 2. The van der Waals surface area contributed by atoms with Crippen LogP contribution in [0, 0.1) is 0 Å². The molecule has 2 aromatic rings. The van der Waals surface area contributed by atoms with Gasteiger partial charge in [0.25, 0.3) is 5.91 Å². The van der Waals surface area contributed by atoms with Crippen LogP contribution in [0.15, 0.2) is 55.4 Å². The summed E-state index contributed by atoms with van der Waals surface area (Å²) in [4.78, 5) is 17.9. The summed E-state index contributed by atoms with van der Waals surface area (Å²) in [7, 11) is 0. The summed E-state index contributed by atoms with van der Waals surface area (Å²) in [5, 5.41) is 21.5. The van der Waals surface area contributed by atoms with Gasteiger partial charge in [-0.05, 0) is 56.5 Å². The number of rotatable bonds is 5. The van der Waals surface area contributed by atoms with Crippen molar-refractivity contribution in [3.63, 3.8) is 0 Å². The predicted molar refractivity (Wildman–Crippen MR) is 126 cm³/mol. The van der Waals surface area contributed by atoms with E-state index in [1.54, 1.807) is 28.9 Å². The zero-order valence-corrected chi connectivity index (χ0v) is 20.2. The SMILES string of the molecule is CCCCCSC1=NN2C(=c3ccccc3=NC2c2cc(Br)c(O)c(Br)c2)C(=O)N1. The lowest BCUT2D eigenvalue weighted by Gasteiger charge is -2.34. The molecule has 156 valence electrons. The maximum absolute atomic E-state index is 13.1. The van der Waals surface area contributed by atoms with E-state index >= 15 is 0 Å². The zero-order chi connectivity index (χ0) is 21.3. The first kappa shape index (κ1) is 21.4. The quantitative estimate of drug-likeness (QED) is 0.551. The minimum absolute atomic E-state index is 0.117. The van der Waals surface area contributed by atoms with Gasteiger partial charge in [-0.1, -0.05) is 49.7 Å². The fraction of sp³-hybridized carbons (Fsp3) is 0.286. The minimum atomic E-state index is -0.527. The maximum atomic E-state index is 13.1. The fourth-order valence-electron chi connectivity index (χ4n) is 3.36. The molecule has 2 aliphatic rings. The van der Waals surface area contributed by atoms with Crippen LogP contribution < -0.4 is 15.9 Å². The van der Waals surface area contributed by atoms with Crippen molar-refractivity contribution in [2.24, 2.45) is 10.1 Å². The normalized spacial score (nSPS) is 17.6. The summed E-state index contributed by atoms with van der Waals surface area (Å²) in [6.45, 7) is 2.16. The number of carbonyl (C=O) groups excluding carboxylic acids is 1. The number of nitrogens with one attached hydrogen (secondary N) is 1. The molecular formula is C21H20Br2N4O2S. The number of amides is 1. The number of hydrazone groups is 1. The molecule has 0 radical (unpaired) electrons. The van der Waals surface area contributed by atoms with Crippen molar-refractivity contribution < 1.29 is 9.90 Å². The van der Waals surface area contributed by atoms with Gasteiger partial charge in [-0.25, -0.2) is 5.01 Å². The van der Waals surface area contributed by atoms with Gasteiger partial charge in [0.2, 0.25) is 0 Å². The van der Waals surface area contributed by atoms with Crippen molar-refractivity contribution >= 4 is 60.4 Å². The molecule has 6 nitrogen and oxygen atoms in total. The van der Waals surface area contributed by atoms with Gasteiger partial charge in [-0.2, -0.15) is 0 Å². The van der Waals surface area contributed by atoms with Crippen molar-refractivity contribution in [1.82, 2.24) is 10.3 Å². The van der Waals surface area contributed by atoms with Gasteiger partial charge in [0.1, 0.15) is 11.4 Å². The Labute approximate surface area is 195 Å². The highest BCUT2D eigenvalue weighted by molar-refractivity contribution is 9.11. The number of nitrogens with zero attached hydrogens (tertiary/aromatic N) is 3. The third-order valence-corrected chi connectivity index (χ3v) is 7.00. The largest absolute Gasteiger partial charge is 0.506 e. The number of carbonyl (C=O) groups is 1. The molecule has 2 heterocycles. The van der Waals surface area contributed by atoms with Crippen LogP contribution in [0.1, 0.15) is 37.9 Å². The van der Waals surface area contributed by atoms with Crippen molar-refractivity contribution in [2.45, 2.75) is 32.4 Å². The fourth-order valence-corrected chi connectivity index (χ4v) is 5.44. The highest BCUT2D eigenvalue weighted by atomic mass is 79.9. The van der Waals surface area contributed by atoms with Gasteiger partial charge in [-0.3, -0.25) is 15.1 Å². The van der Waals surface area contributed by atoms with Gasteiger partial charge in [0, 0.05) is 16.5 Å². The number of benzene rings is 2. The first-order valence-electron chi connectivity index (χ1n) is 9.66. The number of hydrogen-bond donors (Lipinski definition) is 2. The molecule has 0 fully saturated rings. The van der Waals surface area contributed by atoms with Crippen LogP contribution in [0.25, 0.3) is 5.70 Å². The van der Waals surface area contributed by atoms with E-state index in [0.717, 1.165) is 41.2 Å². The molecule has 1 atom stereocenters. The van der Waals surface area contributed by atoms with Crippen LogP contribution in [0.5, 0.6) is 5.75 Å². The number of amidine groups is 1. The summed E-state index contributed by atoms with van der Waals surface area (Å²) in [5.41, 5.74) is 1.27. The summed E-state index contributed by atoms with van der Waals surface area (Å²) in [6.07, 6.45) is 2.84. The number of para-hydroxylation sites is 1. The molecule has 0 saturated heterocycles. The third kappa shape index (κ3) is 4.15. The number of halogens is 2. The smallest absolute Gasteiger partial charge is 0.276 e. The van der Waals surface area contributed by atoms with E-state index in [0.29, 0.717) is 19.8 Å². The predicted octanol–water partition coefficient (Wildman–Crippen LogP) is 3.98. The van der Waals surface area contributed by atoms with Crippen LogP contribution in [0.3, 0.4) is 0 Å². The molecule has 0 aromatic heterocycles. The average molecular weight is 552 g/mol. The van der Waals surface area contributed by atoms with Crippen LogP contribution in [-0.4, -0.2) is 26.9 Å². The summed E-state index contributed by atoms with van der Waals surface area (Å²) >= 11 is 8.33. The van der Waals surface area contributed by atoms with Crippen molar-refractivity contribution in [2.75, 3.05) is 5.75 Å². The molecule has 1 amide bonds. The first-order chi connectivity index (χ1) is 14.5. The first-order valence-corrected chi connectivity index (χ1v) is 12.2. The topological polar surface area (TPSA) is 77.3 Å². The van der Waals surface area contributed by atoms with Crippen molar-refractivity contribution in [3.05, 3.63) is 61.5 Å². The summed E-state index contributed by atoms with van der Waals surface area (Å²) in [6, 6.07) is 11.2. The number of phenols is 1. The highest BCUT2D eigenvalue weighted by Crippen LogP contribution is 2.38. The van der Waals surface area contributed by atoms with E-state index < -0.39 is 6.17 Å². The molecule has 2 aromatic carbocycles. The Morgan fingerprint density at radius 1 is 1.20 bits per heavy atom. The number of aromatic hydroxyl groups is 1. The average Bonchev–Trinajstić information content (AvgIpc) is 2.74. The van der Waals surface area contributed by atoms with Crippen molar-refractivity contribution in [3.8, 4) is 5.75 Å². The number of thioether (sulfide) groups is 1. The van der Waals surface area contributed by atoms with E-state index in [1.807, 2.05) is 24.3 Å². The van der Waals surface area contributed by atoms with Gasteiger partial charge >= 0.3 is 0 Å². The second-order valence-electron chi connectivity index (χ2n) is 6.96. The molecular weight excluding hydrogens is 532 g/mol. The van der Waals surface area contributed by atoms with Gasteiger partial charge < -0.3 is 5.11 Å². The molecule has 30 heavy (non-hydrogen) atoms. The monoisotopic (exact) mass is 550 g/mol. The van der Waals surface area contributed by atoms with Crippen LogP contribution in [0.2, 0.25) is 0 Å². The zero-order valence-electron chi connectivity index (χ0n) is 16.2. The van der Waals surface area contributed by atoms with Crippen LogP contribution >= 0.6 is 43.6 Å². The maximum Gasteiger partial charge on any atom is 0.276 e. The molecule has 0 bridgehead atoms. The third-order valence-electron chi connectivity index (χ3n) is 4.84. The molecule has 0 aliphatic carbocycles. The van der Waals surface area contributed by atoms with E-state index in [1.165, 1.54) is 0 Å². The standard InChI is InChI=1S/C21H20Br2N4O2S/c1-2-3-6-9-30-21-25-20(29)17-13-7-4-5-8-16(13)24-19(27(17)26-21)12-10-14(22)18(28)15(23)11-12/h4-5,7-8,10-11,19,28H,2-3,6,9H2,1H3,(H,25,26,29). The molecule has 1 unspecified atom stereocenters. The number of hydrogen-bond acceptors (Lipinski definition) is 6. The summed E-state index contributed by atoms with van der Waals surface area (Å²) in [5.74, 6) is 0.823. The van der Waals surface area contributed by atoms with E-state index in [4.69, 9.17) is 10.1 Å². The second-order valence-corrected chi connectivity index (χ2v) is 9.75. The Balaban J connectivity index is 1.81. The highest BCUT2D eigenvalue weighted by Gasteiger charge is 2.34. The minimum Gasteiger partial charge on any atom is -0.506 e. The Hall–Kier alpha value is -1.84. The Morgan fingerprint density at radius 3 is 2.67 bits per heavy atom. The Kier molecular flexibility index (Phi) is 6.50. The number of unbranched alkanes of at least 4 members (excludes halogenated alkanes) is 2. The lowest BCUT2D eigenvalue weighted by atomic mass is 10.1. The molecule has 4 rings (SSSR count). The van der Waals surface area contributed by atoms with E-state index in [-0.39, 0.29) is 11.7 Å². The Morgan fingerprint density at radius 2 is 1.93 bits per heavy atom. The second kappa shape index (κ2) is 9.11. The Bertz CT molecular complexity index is 1130.